The molecule has 0 aromatic carbocycles. The Morgan fingerprint density at radius 2 is 2.22 bits per heavy atom. The maximum Gasteiger partial charge on any atom is 0.238 e. The van der Waals surface area contributed by atoms with E-state index < -0.39 is 0 Å². The lowest BCUT2D eigenvalue weighted by atomic mass is 10.3. The summed E-state index contributed by atoms with van der Waals surface area (Å²) < 4.78 is 0.977. The van der Waals surface area contributed by atoms with Gasteiger partial charge in [-0.3, -0.25) is 4.79 Å². The molecule has 0 aliphatic rings. The van der Waals surface area contributed by atoms with Crippen molar-refractivity contribution >= 4 is 29.3 Å². The summed E-state index contributed by atoms with van der Waals surface area (Å²) in [5, 5.41) is 0. The molecule has 54 valence electrons. The van der Waals surface area contributed by atoms with Crippen LogP contribution < -0.4 is 0 Å². The summed E-state index contributed by atoms with van der Waals surface area (Å²) >= 11 is 10.6. The standard InChI is InChI=1S/C5H9Cl2NO/c1-2-3-5(9)8(7)4-6/h2-4H2,1H3. The Kier molecular flexibility index (Phi) is 4.91. The van der Waals surface area contributed by atoms with Crippen LogP contribution in [0.5, 0.6) is 0 Å². The van der Waals surface area contributed by atoms with E-state index in [1.165, 1.54) is 0 Å². The molecule has 0 N–H and O–H groups in total. The number of hydrogen-bond acceptors (Lipinski definition) is 1. The van der Waals surface area contributed by atoms with Crippen LogP contribution in [0.1, 0.15) is 19.8 Å². The van der Waals surface area contributed by atoms with Gasteiger partial charge in [0, 0.05) is 18.2 Å². The molecule has 0 aromatic heterocycles. The van der Waals surface area contributed by atoms with Gasteiger partial charge >= 0.3 is 0 Å². The summed E-state index contributed by atoms with van der Waals surface area (Å²) in [7, 11) is 0. The van der Waals surface area contributed by atoms with Gasteiger partial charge in [0.25, 0.3) is 0 Å². The van der Waals surface area contributed by atoms with Crippen molar-refractivity contribution in [2.45, 2.75) is 19.8 Å². The first-order chi connectivity index (χ1) is 4.22. The molecule has 0 heterocycles. The van der Waals surface area contributed by atoms with E-state index >= 15 is 0 Å². The molecule has 0 aromatic rings. The number of amides is 1. The third kappa shape index (κ3) is 3.60. The van der Waals surface area contributed by atoms with Crippen LogP contribution >= 0.6 is 23.4 Å². The number of alkyl halides is 1. The van der Waals surface area contributed by atoms with Crippen LogP contribution in [0.25, 0.3) is 0 Å². The van der Waals surface area contributed by atoms with Crippen LogP contribution in [0.4, 0.5) is 0 Å². The van der Waals surface area contributed by atoms with E-state index in [1.807, 2.05) is 6.92 Å². The van der Waals surface area contributed by atoms with Gasteiger partial charge in [-0.25, -0.2) is 4.42 Å². The average molecular weight is 170 g/mol. The molecule has 0 bridgehead atoms. The van der Waals surface area contributed by atoms with Gasteiger partial charge in [0.2, 0.25) is 5.91 Å². The number of rotatable bonds is 3. The Hall–Kier alpha value is 0.0500. The predicted octanol–water partition coefficient (Wildman–Crippen LogP) is 1.97. The molecule has 1 amide bonds. The van der Waals surface area contributed by atoms with Crippen molar-refractivity contribution in [2.24, 2.45) is 0 Å². The van der Waals surface area contributed by atoms with Crippen molar-refractivity contribution in [2.75, 3.05) is 6.00 Å². The topological polar surface area (TPSA) is 20.3 Å². The molecule has 0 rings (SSSR count). The lowest BCUT2D eigenvalue weighted by Crippen LogP contribution is -2.18. The zero-order valence-corrected chi connectivity index (χ0v) is 6.74. The van der Waals surface area contributed by atoms with Gasteiger partial charge in [-0.05, 0) is 6.42 Å². The van der Waals surface area contributed by atoms with Crippen molar-refractivity contribution in [3.63, 3.8) is 0 Å². The van der Waals surface area contributed by atoms with Gasteiger partial charge < -0.3 is 0 Å². The minimum atomic E-state index is -0.117. The van der Waals surface area contributed by atoms with Crippen LogP contribution in [-0.2, 0) is 4.79 Å². The van der Waals surface area contributed by atoms with E-state index in [-0.39, 0.29) is 11.9 Å². The van der Waals surface area contributed by atoms with E-state index in [2.05, 4.69) is 0 Å². The Morgan fingerprint density at radius 1 is 1.67 bits per heavy atom. The van der Waals surface area contributed by atoms with Crippen LogP contribution in [0.2, 0.25) is 0 Å². The molecule has 0 saturated carbocycles. The SMILES string of the molecule is CCCC(=O)N(Cl)CCl. The first kappa shape index (κ1) is 9.05. The van der Waals surface area contributed by atoms with Crippen molar-refractivity contribution in [1.29, 1.82) is 0 Å². The molecule has 0 unspecified atom stereocenters. The monoisotopic (exact) mass is 169 g/mol. The second-order valence-corrected chi connectivity index (χ2v) is 2.27. The highest BCUT2D eigenvalue weighted by Gasteiger charge is 2.06. The number of carbonyl (C=O) groups excluding carboxylic acids is 1. The summed E-state index contributed by atoms with van der Waals surface area (Å²) in [6.07, 6.45) is 1.27. The van der Waals surface area contributed by atoms with Crippen LogP contribution in [0.3, 0.4) is 0 Å². The summed E-state index contributed by atoms with van der Waals surface area (Å²) in [4.78, 5) is 10.7. The molecule has 0 aliphatic carbocycles. The Balaban J connectivity index is 3.46. The van der Waals surface area contributed by atoms with Crippen molar-refractivity contribution in [3.8, 4) is 0 Å². The van der Waals surface area contributed by atoms with Crippen LogP contribution in [-0.4, -0.2) is 16.3 Å². The fraction of sp³-hybridized carbons (Fsp3) is 0.800. The number of hydrogen-bond donors (Lipinski definition) is 0. The number of carbonyl (C=O) groups is 1. The fourth-order valence-electron chi connectivity index (χ4n) is 0.402. The molecule has 0 spiro atoms. The molecule has 0 fully saturated rings. The Labute approximate surface area is 64.8 Å². The lowest BCUT2D eigenvalue weighted by Gasteiger charge is -2.07. The lowest BCUT2D eigenvalue weighted by molar-refractivity contribution is -0.126. The molecule has 0 saturated heterocycles. The normalized spacial score (nSPS) is 9.22. The summed E-state index contributed by atoms with van der Waals surface area (Å²) in [5.41, 5.74) is 0. The second-order valence-electron chi connectivity index (χ2n) is 1.63. The van der Waals surface area contributed by atoms with Crippen molar-refractivity contribution < 1.29 is 4.79 Å². The maximum absolute atomic E-state index is 10.7. The highest BCUT2D eigenvalue weighted by atomic mass is 35.5. The molecule has 0 radical (unpaired) electrons. The van der Waals surface area contributed by atoms with Crippen LogP contribution in [0.15, 0.2) is 0 Å². The van der Waals surface area contributed by atoms with E-state index in [9.17, 15) is 4.79 Å². The largest absolute Gasteiger partial charge is 0.274 e. The van der Waals surface area contributed by atoms with Gasteiger partial charge in [0.1, 0.15) is 6.00 Å². The highest BCUT2D eigenvalue weighted by Crippen LogP contribution is 2.01. The quantitative estimate of drug-likeness (QED) is 0.360. The molecular weight excluding hydrogens is 161 g/mol. The highest BCUT2D eigenvalue weighted by molar-refractivity contribution is 6.27. The molecule has 2 nitrogen and oxygen atoms in total. The molecular formula is C5H9Cl2NO. The Morgan fingerprint density at radius 3 is 2.56 bits per heavy atom. The molecule has 9 heavy (non-hydrogen) atoms. The fourth-order valence-corrected chi connectivity index (χ4v) is 0.620. The maximum atomic E-state index is 10.7. The average Bonchev–Trinajstić information content (AvgIpc) is 1.87. The van der Waals surface area contributed by atoms with E-state index in [1.54, 1.807) is 0 Å². The molecule has 4 heteroatoms. The van der Waals surface area contributed by atoms with Gasteiger partial charge in [-0.1, -0.05) is 6.92 Å². The van der Waals surface area contributed by atoms with E-state index in [0.29, 0.717) is 6.42 Å². The Bertz CT molecular complexity index is 97.0. The minimum Gasteiger partial charge on any atom is -0.274 e. The van der Waals surface area contributed by atoms with Gasteiger partial charge in [-0.2, -0.15) is 0 Å². The van der Waals surface area contributed by atoms with Crippen molar-refractivity contribution in [1.82, 2.24) is 4.42 Å². The molecule has 0 aliphatic heterocycles. The summed E-state index contributed by atoms with van der Waals surface area (Å²) in [6, 6.07) is 0.0559. The third-order valence-corrected chi connectivity index (χ3v) is 1.51. The van der Waals surface area contributed by atoms with E-state index in [4.69, 9.17) is 23.4 Å². The van der Waals surface area contributed by atoms with Gasteiger partial charge in [-0.15, -0.1) is 11.6 Å². The zero-order chi connectivity index (χ0) is 7.28. The van der Waals surface area contributed by atoms with Crippen LogP contribution in [0, 0.1) is 0 Å². The molecule has 0 atom stereocenters. The third-order valence-electron chi connectivity index (χ3n) is 0.839. The minimum absolute atomic E-state index is 0.0559. The van der Waals surface area contributed by atoms with Crippen molar-refractivity contribution in [3.05, 3.63) is 0 Å². The second kappa shape index (κ2) is 4.89. The summed E-state index contributed by atoms with van der Waals surface area (Å²) in [5.74, 6) is -0.117. The van der Waals surface area contributed by atoms with Gasteiger partial charge in [0.15, 0.2) is 0 Å². The number of nitrogens with zero attached hydrogens (tertiary/aromatic N) is 1. The van der Waals surface area contributed by atoms with E-state index in [0.717, 1.165) is 10.8 Å². The summed E-state index contributed by atoms with van der Waals surface area (Å²) in [6.45, 7) is 1.91. The predicted molar refractivity (Wildman–Crippen MR) is 38.3 cm³/mol. The first-order valence-corrected chi connectivity index (χ1v) is 3.61. The smallest absolute Gasteiger partial charge is 0.238 e. The first-order valence-electron chi connectivity index (χ1n) is 2.74. The van der Waals surface area contributed by atoms with Gasteiger partial charge in [0.05, 0.1) is 0 Å². The zero-order valence-electron chi connectivity index (χ0n) is 5.23. The number of halogens is 2.